The van der Waals surface area contributed by atoms with E-state index < -0.39 is 4.92 Å². The number of nitro groups is 1. The molecule has 1 N–H and O–H groups in total. The number of fused-ring (bicyclic) bond motifs is 1. The van der Waals surface area contributed by atoms with Crippen molar-refractivity contribution >= 4 is 28.4 Å². The molecule has 0 heterocycles. The first kappa shape index (κ1) is 16.4. The maximum Gasteiger partial charge on any atom is 0.270 e. The van der Waals surface area contributed by atoms with E-state index in [1.54, 1.807) is 18.2 Å². The van der Waals surface area contributed by atoms with Crippen LogP contribution in [0.25, 0.3) is 16.8 Å². The molecule has 5 nitrogen and oxygen atoms in total. The number of hydrogen-bond donors (Lipinski definition) is 1. The Morgan fingerprint density at radius 1 is 1.00 bits per heavy atom. The average molecular weight is 332 g/mol. The minimum atomic E-state index is -0.461. The molecule has 0 atom stereocenters. The van der Waals surface area contributed by atoms with Crippen molar-refractivity contribution in [3.8, 4) is 0 Å². The molecular formula is C20H16N2O3. The topological polar surface area (TPSA) is 72.2 Å². The largest absolute Gasteiger partial charge is 0.348 e. The molecule has 0 aromatic heterocycles. The van der Waals surface area contributed by atoms with Crippen molar-refractivity contribution in [2.75, 3.05) is 0 Å². The van der Waals surface area contributed by atoms with Crippen molar-refractivity contribution < 1.29 is 9.72 Å². The molecule has 5 heteroatoms. The Bertz CT molecular complexity index is 964. The first-order chi connectivity index (χ1) is 12.1. The third kappa shape index (κ3) is 4.29. The van der Waals surface area contributed by atoms with Crippen LogP contribution in [0.2, 0.25) is 0 Å². The van der Waals surface area contributed by atoms with Crippen LogP contribution in [0.15, 0.2) is 72.8 Å². The lowest BCUT2D eigenvalue weighted by atomic mass is 10.1. The van der Waals surface area contributed by atoms with Gasteiger partial charge < -0.3 is 5.32 Å². The number of non-ortho nitro benzene ring substituents is 1. The van der Waals surface area contributed by atoms with Gasteiger partial charge in [0.25, 0.3) is 5.69 Å². The molecular weight excluding hydrogens is 316 g/mol. The summed E-state index contributed by atoms with van der Waals surface area (Å²) in [6, 6.07) is 20.2. The van der Waals surface area contributed by atoms with E-state index in [1.807, 2.05) is 42.5 Å². The molecule has 0 spiro atoms. The lowest BCUT2D eigenvalue weighted by Gasteiger charge is -2.04. The van der Waals surface area contributed by atoms with Gasteiger partial charge in [-0.15, -0.1) is 0 Å². The van der Waals surface area contributed by atoms with Gasteiger partial charge >= 0.3 is 0 Å². The van der Waals surface area contributed by atoms with Gasteiger partial charge in [0, 0.05) is 24.8 Å². The highest BCUT2D eigenvalue weighted by atomic mass is 16.6. The highest BCUT2D eigenvalue weighted by molar-refractivity contribution is 5.91. The lowest BCUT2D eigenvalue weighted by Crippen LogP contribution is -2.20. The standard InChI is InChI=1S/C20H16N2O3/c23-20(11-9-15-4-3-7-19(13-15)22(24)25)21-14-16-8-10-17-5-1-2-6-18(17)12-16/h1-13H,14H2,(H,21,23)/b11-9+. The van der Waals surface area contributed by atoms with Gasteiger partial charge in [-0.2, -0.15) is 0 Å². The molecule has 124 valence electrons. The Kier molecular flexibility index (Phi) is 4.85. The average Bonchev–Trinajstić information content (AvgIpc) is 2.64. The van der Waals surface area contributed by atoms with Gasteiger partial charge in [0.2, 0.25) is 5.91 Å². The molecule has 0 aliphatic heterocycles. The third-order valence-corrected chi connectivity index (χ3v) is 3.79. The van der Waals surface area contributed by atoms with Crippen molar-refractivity contribution in [3.05, 3.63) is 94.0 Å². The Labute approximate surface area is 144 Å². The van der Waals surface area contributed by atoms with Gasteiger partial charge in [0.1, 0.15) is 0 Å². The van der Waals surface area contributed by atoms with E-state index in [0.29, 0.717) is 12.1 Å². The zero-order valence-corrected chi connectivity index (χ0v) is 13.4. The highest BCUT2D eigenvalue weighted by Crippen LogP contribution is 2.16. The molecule has 3 aromatic rings. The highest BCUT2D eigenvalue weighted by Gasteiger charge is 2.04. The molecule has 1 amide bonds. The van der Waals surface area contributed by atoms with Crippen molar-refractivity contribution in [3.63, 3.8) is 0 Å². The molecule has 0 bridgehead atoms. The van der Waals surface area contributed by atoms with Crippen LogP contribution in [0.5, 0.6) is 0 Å². The fraction of sp³-hybridized carbons (Fsp3) is 0.0500. The summed E-state index contributed by atoms with van der Waals surface area (Å²) in [5, 5.41) is 15.8. The van der Waals surface area contributed by atoms with E-state index in [4.69, 9.17) is 0 Å². The predicted molar refractivity (Wildman–Crippen MR) is 97.9 cm³/mol. The summed E-state index contributed by atoms with van der Waals surface area (Å²) in [5.74, 6) is -0.250. The fourth-order valence-electron chi connectivity index (χ4n) is 2.51. The number of rotatable bonds is 5. The minimum absolute atomic E-state index is 0.00118. The molecule has 0 fully saturated rings. The van der Waals surface area contributed by atoms with Crippen LogP contribution in [-0.2, 0) is 11.3 Å². The van der Waals surface area contributed by atoms with Crippen LogP contribution in [0.4, 0.5) is 5.69 Å². The summed E-state index contributed by atoms with van der Waals surface area (Å²) in [6.07, 6.45) is 2.93. The lowest BCUT2D eigenvalue weighted by molar-refractivity contribution is -0.384. The van der Waals surface area contributed by atoms with Crippen LogP contribution in [-0.4, -0.2) is 10.8 Å². The molecule has 0 saturated heterocycles. The molecule has 0 saturated carbocycles. The van der Waals surface area contributed by atoms with Crippen LogP contribution in [0.3, 0.4) is 0 Å². The number of benzene rings is 3. The van der Waals surface area contributed by atoms with Crippen LogP contribution < -0.4 is 5.32 Å². The second-order valence-corrected chi connectivity index (χ2v) is 5.58. The van der Waals surface area contributed by atoms with E-state index in [9.17, 15) is 14.9 Å². The summed E-state index contributed by atoms with van der Waals surface area (Å²) < 4.78 is 0. The molecule has 0 aliphatic rings. The first-order valence-corrected chi connectivity index (χ1v) is 7.80. The molecule has 3 rings (SSSR count). The van der Waals surface area contributed by atoms with E-state index in [2.05, 4.69) is 5.32 Å². The van der Waals surface area contributed by atoms with Gasteiger partial charge in [0.15, 0.2) is 0 Å². The molecule has 25 heavy (non-hydrogen) atoms. The predicted octanol–water partition coefficient (Wildman–Crippen LogP) is 4.08. The summed E-state index contributed by atoms with van der Waals surface area (Å²) >= 11 is 0. The van der Waals surface area contributed by atoms with Crippen LogP contribution in [0.1, 0.15) is 11.1 Å². The van der Waals surface area contributed by atoms with Crippen molar-refractivity contribution in [2.24, 2.45) is 0 Å². The quantitative estimate of drug-likeness (QED) is 0.435. The zero-order chi connectivity index (χ0) is 17.6. The monoisotopic (exact) mass is 332 g/mol. The zero-order valence-electron chi connectivity index (χ0n) is 13.4. The molecule has 0 radical (unpaired) electrons. The van der Waals surface area contributed by atoms with E-state index in [0.717, 1.165) is 16.3 Å². The second kappa shape index (κ2) is 7.40. The molecule has 3 aromatic carbocycles. The SMILES string of the molecule is O=C(/C=C/c1cccc([N+](=O)[O-])c1)NCc1ccc2ccccc2c1. The van der Waals surface area contributed by atoms with Crippen LogP contribution >= 0.6 is 0 Å². The third-order valence-electron chi connectivity index (χ3n) is 3.79. The van der Waals surface area contributed by atoms with Gasteiger partial charge in [-0.3, -0.25) is 14.9 Å². The summed E-state index contributed by atoms with van der Waals surface area (Å²) in [6.45, 7) is 0.420. The first-order valence-electron chi connectivity index (χ1n) is 7.80. The van der Waals surface area contributed by atoms with Crippen molar-refractivity contribution in [1.82, 2.24) is 5.32 Å². The normalized spacial score (nSPS) is 10.9. The van der Waals surface area contributed by atoms with Crippen molar-refractivity contribution in [1.29, 1.82) is 0 Å². The smallest absolute Gasteiger partial charge is 0.270 e. The van der Waals surface area contributed by atoms with E-state index >= 15 is 0 Å². The second-order valence-electron chi connectivity index (χ2n) is 5.58. The number of nitrogens with zero attached hydrogens (tertiary/aromatic N) is 1. The number of hydrogen-bond acceptors (Lipinski definition) is 3. The van der Waals surface area contributed by atoms with Crippen LogP contribution in [0, 0.1) is 10.1 Å². The van der Waals surface area contributed by atoms with Gasteiger partial charge in [-0.25, -0.2) is 0 Å². The summed E-state index contributed by atoms with van der Waals surface area (Å²) in [5.41, 5.74) is 1.62. The Morgan fingerprint density at radius 3 is 2.60 bits per heavy atom. The molecule has 0 unspecified atom stereocenters. The van der Waals surface area contributed by atoms with Gasteiger partial charge in [-0.1, -0.05) is 48.5 Å². The molecule has 0 aliphatic carbocycles. The number of nitrogens with one attached hydrogen (secondary N) is 1. The Balaban J connectivity index is 1.62. The van der Waals surface area contributed by atoms with E-state index in [1.165, 1.54) is 18.2 Å². The Morgan fingerprint density at radius 2 is 1.80 bits per heavy atom. The van der Waals surface area contributed by atoms with Gasteiger partial charge in [-0.05, 0) is 34.0 Å². The summed E-state index contributed by atoms with van der Waals surface area (Å²) in [4.78, 5) is 22.2. The fourth-order valence-corrected chi connectivity index (χ4v) is 2.51. The summed E-state index contributed by atoms with van der Waals surface area (Å²) in [7, 11) is 0. The maximum atomic E-state index is 11.9. The number of carbonyl (C=O) groups excluding carboxylic acids is 1. The van der Waals surface area contributed by atoms with Crippen molar-refractivity contribution in [2.45, 2.75) is 6.54 Å². The Hall–Kier alpha value is -3.47. The minimum Gasteiger partial charge on any atom is -0.348 e. The number of nitro benzene ring substituents is 1. The maximum absolute atomic E-state index is 11.9. The number of carbonyl (C=O) groups is 1. The van der Waals surface area contributed by atoms with E-state index in [-0.39, 0.29) is 11.6 Å². The van der Waals surface area contributed by atoms with Gasteiger partial charge in [0.05, 0.1) is 4.92 Å². The number of amides is 1.